The normalized spacial score (nSPS) is 18.4. The zero-order valence-electron chi connectivity index (χ0n) is 14.2. The minimum atomic E-state index is 0. The highest BCUT2D eigenvalue weighted by atomic mass is 127. The minimum absolute atomic E-state index is 0. The molecule has 0 spiro atoms. The van der Waals surface area contributed by atoms with E-state index in [1.165, 1.54) is 25.7 Å². The average Bonchev–Trinajstić information content (AvgIpc) is 2.42. The molecule has 2 N–H and O–H groups in total. The molecule has 4 nitrogen and oxygen atoms in total. The van der Waals surface area contributed by atoms with Crippen LogP contribution >= 0.6 is 24.0 Å². The first kappa shape index (κ1) is 21.0. The summed E-state index contributed by atoms with van der Waals surface area (Å²) in [5.41, 5.74) is 0.245. The van der Waals surface area contributed by atoms with E-state index < -0.39 is 0 Å². The smallest absolute Gasteiger partial charge is 0.191 e. The zero-order chi connectivity index (χ0) is 14.8. The number of halogens is 1. The Morgan fingerprint density at radius 3 is 2.43 bits per heavy atom. The van der Waals surface area contributed by atoms with Gasteiger partial charge in [-0.05, 0) is 19.3 Å². The highest BCUT2D eigenvalue weighted by molar-refractivity contribution is 14.0. The number of hydrogen-bond donors (Lipinski definition) is 2. The van der Waals surface area contributed by atoms with E-state index >= 15 is 0 Å². The molecule has 0 radical (unpaired) electrons. The molecule has 21 heavy (non-hydrogen) atoms. The maximum atomic E-state index is 5.28. The second kappa shape index (κ2) is 11.5. The zero-order valence-corrected chi connectivity index (χ0v) is 16.5. The van der Waals surface area contributed by atoms with Crippen LogP contribution in [0.15, 0.2) is 4.99 Å². The van der Waals surface area contributed by atoms with Crippen LogP contribution in [0.1, 0.15) is 53.4 Å². The number of ether oxygens (including phenoxy) is 1. The maximum Gasteiger partial charge on any atom is 0.191 e. The second-order valence-corrected chi connectivity index (χ2v) is 6.30. The van der Waals surface area contributed by atoms with Crippen molar-refractivity contribution in [1.82, 2.24) is 10.6 Å². The Balaban J connectivity index is 0.00000400. The van der Waals surface area contributed by atoms with Gasteiger partial charge in [0, 0.05) is 18.5 Å². The quantitative estimate of drug-likeness (QED) is 0.347. The molecule has 0 aromatic rings. The van der Waals surface area contributed by atoms with E-state index in [0.29, 0.717) is 0 Å². The Hall–Kier alpha value is -0.0400. The first-order chi connectivity index (χ1) is 9.63. The average molecular weight is 411 g/mol. The van der Waals surface area contributed by atoms with Crippen molar-refractivity contribution in [2.75, 3.05) is 32.8 Å². The summed E-state index contributed by atoms with van der Waals surface area (Å²) in [7, 11) is 0. The molecule has 0 amide bonds. The van der Waals surface area contributed by atoms with Crippen LogP contribution < -0.4 is 10.6 Å². The van der Waals surface area contributed by atoms with Crippen LogP contribution in [-0.2, 0) is 4.74 Å². The predicted octanol–water partition coefficient (Wildman–Crippen LogP) is 3.41. The molecule has 0 bridgehead atoms. The van der Waals surface area contributed by atoms with Gasteiger partial charge in [0.1, 0.15) is 0 Å². The summed E-state index contributed by atoms with van der Waals surface area (Å²) in [4.78, 5) is 4.71. The third-order valence-corrected chi connectivity index (χ3v) is 3.97. The molecular weight excluding hydrogens is 377 g/mol. The van der Waals surface area contributed by atoms with Gasteiger partial charge in [0.2, 0.25) is 0 Å². The number of rotatable bonds is 9. The molecule has 5 heteroatoms. The fourth-order valence-electron chi connectivity index (χ4n) is 2.34. The number of nitrogens with one attached hydrogen (secondary N) is 2. The van der Waals surface area contributed by atoms with Gasteiger partial charge >= 0.3 is 0 Å². The van der Waals surface area contributed by atoms with E-state index in [-0.39, 0.29) is 29.4 Å². The minimum Gasteiger partial charge on any atom is -0.380 e. The van der Waals surface area contributed by atoms with E-state index in [1.54, 1.807) is 0 Å². The van der Waals surface area contributed by atoms with Crippen LogP contribution in [0, 0.1) is 11.3 Å². The van der Waals surface area contributed by atoms with Crippen LogP contribution in [0.25, 0.3) is 0 Å². The molecule has 1 aliphatic rings. The van der Waals surface area contributed by atoms with E-state index in [1.807, 2.05) is 0 Å². The number of unbranched alkanes of at least 4 members (excludes halogenated alkanes) is 1. The Kier molecular flexibility index (Phi) is 11.5. The Morgan fingerprint density at radius 1 is 1.24 bits per heavy atom. The van der Waals surface area contributed by atoms with E-state index in [9.17, 15) is 0 Å². The van der Waals surface area contributed by atoms with Gasteiger partial charge in [-0.3, -0.25) is 4.99 Å². The van der Waals surface area contributed by atoms with Crippen LogP contribution in [0.3, 0.4) is 0 Å². The summed E-state index contributed by atoms with van der Waals surface area (Å²) in [5, 5.41) is 6.84. The van der Waals surface area contributed by atoms with Gasteiger partial charge in [0.05, 0.1) is 19.8 Å². The molecule has 0 aromatic heterocycles. The molecule has 1 rings (SSSR count). The molecule has 1 unspecified atom stereocenters. The lowest BCUT2D eigenvalue weighted by atomic mass is 9.89. The fourth-order valence-corrected chi connectivity index (χ4v) is 2.34. The largest absolute Gasteiger partial charge is 0.380 e. The molecule has 1 atom stereocenters. The second-order valence-electron chi connectivity index (χ2n) is 6.30. The Morgan fingerprint density at radius 2 is 1.95 bits per heavy atom. The standard InChI is InChI=1S/C16H33N3O.HI/c1-5-8-9-14(6-2)10-18-15(17-7-3)19-11-16(4)12-20-13-16;/h14H,5-13H2,1-4H3,(H2,17,18,19);1H. The van der Waals surface area contributed by atoms with Gasteiger partial charge in [-0.1, -0.05) is 40.0 Å². The third-order valence-electron chi connectivity index (χ3n) is 3.97. The monoisotopic (exact) mass is 411 g/mol. The van der Waals surface area contributed by atoms with Gasteiger partial charge < -0.3 is 15.4 Å². The molecule has 0 aliphatic carbocycles. The van der Waals surface area contributed by atoms with Gasteiger partial charge in [-0.25, -0.2) is 0 Å². The van der Waals surface area contributed by atoms with Crippen molar-refractivity contribution in [2.45, 2.75) is 53.4 Å². The van der Waals surface area contributed by atoms with Gasteiger partial charge in [0.15, 0.2) is 5.96 Å². The molecule has 0 aromatic carbocycles. The number of aliphatic imine (C=N–C) groups is 1. The lowest BCUT2D eigenvalue weighted by molar-refractivity contribution is -0.0945. The van der Waals surface area contributed by atoms with Crippen molar-refractivity contribution in [3.63, 3.8) is 0 Å². The van der Waals surface area contributed by atoms with E-state index in [0.717, 1.165) is 44.7 Å². The first-order valence-corrected chi connectivity index (χ1v) is 8.23. The Labute approximate surface area is 147 Å². The van der Waals surface area contributed by atoms with Gasteiger partial charge in [-0.2, -0.15) is 0 Å². The van der Waals surface area contributed by atoms with Crippen LogP contribution in [0.4, 0.5) is 0 Å². The number of nitrogens with zero attached hydrogens (tertiary/aromatic N) is 1. The third kappa shape index (κ3) is 8.24. The summed E-state index contributed by atoms with van der Waals surface area (Å²) >= 11 is 0. The lowest BCUT2D eigenvalue weighted by Gasteiger charge is -2.36. The molecule has 0 saturated carbocycles. The maximum absolute atomic E-state index is 5.28. The topological polar surface area (TPSA) is 45.7 Å². The SMILES string of the molecule is CCCCC(CC)CNC(=NCC1(C)COC1)NCC.I. The van der Waals surface area contributed by atoms with Crippen molar-refractivity contribution >= 4 is 29.9 Å². The van der Waals surface area contributed by atoms with Gasteiger partial charge in [0.25, 0.3) is 0 Å². The summed E-state index contributed by atoms with van der Waals surface area (Å²) in [5.74, 6) is 1.71. The molecule has 1 fully saturated rings. The van der Waals surface area contributed by atoms with Crippen molar-refractivity contribution in [2.24, 2.45) is 16.3 Å². The molecule has 126 valence electrons. The van der Waals surface area contributed by atoms with Crippen molar-refractivity contribution in [1.29, 1.82) is 0 Å². The summed E-state index contributed by atoms with van der Waals surface area (Å²) in [6.07, 6.45) is 5.15. The first-order valence-electron chi connectivity index (χ1n) is 8.23. The van der Waals surface area contributed by atoms with Gasteiger partial charge in [-0.15, -0.1) is 24.0 Å². The van der Waals surface area contributed by atoms with Crippen molar-refractivity contribution < 1.29 is 4.74 Å². The van der Waals surface area contributed by atoms with Crippen molar-refractivity contribution in [3.05, 3.63) is 0 Å². The van der Waals surface area contributed by atoms with E-state index in [4.69, 9.17) is 9.73 Å². The highest BCUT2D eigenvalue weighted by Crippen LogP contribution is 2.26. The fraction of sp³-hybridized carbons (Fsp3) is 0.938. The predicted molar refractivity (Wildman–Crippen MR) is 102 cm³/mol. The molecule has 1 heterocycles. The highest BCUT2D eigenvalue weighted by Gasteiger charge is 2.33. The summed E-state index contributed by atoms with van der Waals surface area (Å²) in [6, 6.07) is 0. The number of guanidine groups is 1. The number of hydrogen-bond acceptors (Lipinski definition) is 2. The lowest BCUT2D eigenvalue weighted by Crippen LogP contribution is -2.45. The van der Waals surface area contributed by atoms with Crippen LogP contribution in [0.2, 0.25) is 0 Å². The molecular formula is C16H34IN3O. The summed E-state index contributed by atoms with van der Waals surface area (Å²) < 4.78 is 5.28. The summed E-state index contributed by atoms with van der Waals surface area (Å²) in [6.45, 7) is 13.3. The molecule has 1 saturated heterocycles. The van der Waals surface area contributed by atoms with Crippen LogP contribution in [-0.4, -0.2) is 38.8 Å². The molecule has 1 aliphatic heterocycles. The Bertz CT molecular complexity index is 293. The van der Waals surface area contributed by atoms with E-state index in [2.05, 4.69) is 38.3 Å². The van der Waals surface area contributed by atoms with Crippen molar-refractivity contribution in [3.8, 4) is 0 Å². The van der Waals surface area contributed by atoms with Crippen LogP contribution in [0.5, 0.6) is 0 Å².